The highest BCUT2D eigenvalue weighted by atomic mass is 16.5. The highest BCUT2D eigenvalue weighted by molar-refractivity contribution is 5.46. The minimum Gasteiger partial charge on any atom is -0.495 e. The number of nitrogens with two attached hydrogens (primary N) is 1. The van der Waals surface area contributed by atoms with Crippen molar-refractivity contribution in [1.29, 1.82) is 5.26 Å². The lowest BCUT2D eigenvalue weighted by Crippen LogP contribution is -2.39. The van der Waals surface area contributed by atoms with Crippen LogP contribution in [0.25, 0.3) is 0 Å². The number of likely N-dealkylation sites (tertiary alicyclic amines) is 1. The predicted molar refractivity (Wildman–Crippen MR) is 79.5 cm³/mol. The summed E-state index contributed by atoms with van der Waals surface area (Å²) in [6, 6.07) is 8.36. The molecule has 0 radical (unpaired) electrons. The highest BCUT2D eigenvalue weighted by Gasteiger charge is 2.28. The van der Waals surface area contributed by atoms with E-state index < -0.39 is 0 Å². The van der Waals surface area contributed by atoms with E-state index in [1.54, 1.807) is 7.11 Å². The van der Waals surface area contributed by atoms with E-state index >= 15 is 0 Å². The van der Waals surface area contributed by atoms with Crippen LogP contribution in [-0.4, -0.2) is 31.1 Å². The molecule has 2 N–H and O–H groups in total. The van der Waals surface area contributed by atoms with Crippen molar-refractivity contribution < 1.29 is 4.74 Å². The zero-order valence-corrected chi connectivity index (χ0v) is 12.3. The smallest absolute Gasteiger partial charge is 0.136 e. The maximum absolute atomic E-state index is 9.24. The second-order valence-corrected chi connectivity index (χ2v) is 5.30. The third-order valence-electron chi connectivity index (χ3n) is 4.12. The van der Waals surface area contributed by atoms with E-state index in [1.807, 2.05) is 18.2 Å². The molecule has 1 aliphatic rings. The van der Waals surface area contributed by atoms with E-state index in [4.69, 9.17) is 10.5 Å². The van der Waals surface area contributed by atoms with Crippen LogP contribution in [0.2, 0.25) is 0 Å². The van der Waals surface area contributed by atoms with E-state index in [1.165, 1.54) is 12.8 Å². The number of nitrogens with zero attached hydrogens (tertiary/aromatic N) is 2. The fourth-order valence-corrected chi connectivity index (χ4v) is 3.07. The van der Waals surface area contributed by atoms with Crippen LogP contribution in [0.3, 0.4) is 0 Å². The van der Waals surface area contributed by atoms with Crippen molar-refractivity contribution >= 4 is 0 Å². The van der Waals surface area contributed by atoms with Gasteiger partial charge in [0.15, 0.2) is 0 Å². The van der Waals surface area contributed by atoms with Gasteiger partial charge in [-0.15, -0.1) is 0 Å². The number of ether oxygens (including phenoxy) is 1. The Bertz CT molecular complexity index is 495. The number of hydrogen-bond donors (Lipinski definition) is 1. The molecule has 108 valence electrons. The van der Waals surface area contributed by atoms with Gasteiger partial charge in [-0.05, 0) is 43.6 Å². The first-order valence-electron chi connectivity index (χ1n) is 7.29. The number of methoxy groups -OCH3 is 1. The summed E-state index contributed by atoms with van der Waals surface area (Å²) < 4.78 is 5.22. The van der Waals surface area contributed by atoms with Crippen molar-refractivity contribution in [3.63, 3.8) is 0 Å². The Kier molecular flexibility index (Phi) is 4.99. The second-order valence-electron chi connectivity index (χ2n) is 5.30. The molecule has 1 aliphatic heterocycles. The molecule has 4 heteroatoms. The first-order valence-corrected chi connectivity index (χ1v) is 7.29. The maximum atomic E-state index is 9.24. The first kappa shape index (κ1) is 14.8. The molecule has 0 amide bonds. The molecule has 2 atom stereocenters. The van der Waals surface area contributed by atoms with Crippen LogP contribution < -0.4 is 10.5 Å². The molecule has 0 spiro atoms. The lowest BCUT2D eigenvalue weighted by molar-refractivity contribution is 0.195. The van der Waals surface area contributed by atoms with Crippen LogP contribution in [0.15, 0.2) is 18.2 Å². The van der Waals surface area contributed by atoms with Gasteiger partial charge in [0.2, 0.25) is 0 Å². The summed E-state index contributed by atoms with van der Waals surface area (Å²) in [5.41, 5.74) is 8.09. The third-order valence-corrected chi connectivity index (χ3v) is 4.12. The lowest BCUT2D eigenvalue weighted by Gasteiger charge is -2.33. The van der Waals surface area contributed by atoms with Crippen LogP contribution in [0.5, 0.6) is 5.75 Å². The third kappa shape index (κ3) is 2.95. The minimum atomic E-state index is 0.123. The number of rotatable bonds is 3. The van der Waals surface area contributed by atoms with E-state index in [-0.39, 0.29) is 12.1 Å². The first-order chi connectivity index (χ1) is 9.71. The fourth-order valence-electron chi connectivity index (χ4n) is 3.07. The molecule has 0 aliphatic carbocycles. The summed E-state index contributed by atoms with van der Waals surface area (Å²) in [5.74, 6) is 0.626. The molecule has 1 aromatic carbocycles. The van der Waals surface area contributed by atoms with Gasteiger partial charge in [-0.2, -0.15) is 5.26 Å². The van der Waals surface area contributed by atoms with E-state index in [2.05, 4.69) is 17.9 Å². The molecule has 1 heterocycles. The molecule has 0 aromatic heterocycles. The highest BCUT2D eigenvalue weighted by Crippen LogP contribution is 2.31. The van der Waals surface area contributed by atoms with E-state index in [9.17, 15) is 5.26 Å². The summed E-state index contributed by atoms with van der Waals surface area (Å²) in [5, 5.41) is 9.24. The number of benzene rings is 1. The van der Waals surface area contributed by atoms with E-state index in [0.717, 1.165) is 25.1 Å². The van der Waals surface area contributed by atoms with Gasteiger partial charge in [-0.25, -0.2) is 0 Å². The van der Waals surface area contributed by atoms with Crippen molar-refractivity contribution in [2.24, 2.45) is 5.73 Å². The van der Waals surface area contributed by atoms with Gasteiger partial charge < -0.3 is 10.5 Å². The Morgan fingerprint density at radius 2 is 2.25 bits per heavy atom. The van der Waals surface area contributed by atoms with Crippen LogP contribution in [0.1, 0.15) is 43.4 Å². The Morgan fingerprint density at radius 1 is 1.45 bits per heavy atom. The molecule has 20 heavy (non-hydrogen) atoms. The summed E-state index contributed by atoms with van der Waals surface area (Å²) in [6.45, 7) is 4.22. The molecular formula is C16H23N3O. The van der Waals surface area contributed by atoms with Gasteiger partial charge >= 0.3 is 0 Å². The van der Waals surface area contributed by atoms with Crippen molar-refractivity contribution in [2.75, 3.05) is 20.2 Å². The quantitative estimate of drug-likeness (QED) is 0.918. The molecule has 0 bridgehead atoms. The van der Waals surface area contributed by atoms with Gasteiger partial charge in [0.05, 0.1) is 12.7 Å². The SMILES string of the molecule is CCN1CCCCC(N)C1c1ccc(OC)c(C#N)c1. The summed E-state index contributed by atoms with van der Waals surface area (Å²) in [6.07, 6.45) is 3.41. The normalized spacial score (nSPS) is 23.9. The Balaban J connectivity index is 2.38. The van der Waals surface area contributed by atoms with Crippen LogP contribution in [0, 0.1) is 11.3 Å². The molecule has 0 saturated carbocycles. The largest absolute Gasteiger partial charge is 0.495 e. The number of nitriles is 1. The van der Waals surface area contributed by atoms with Crippen LogP contribution in [-0.2, 0) is 0 Å². The molecule has 1 fully saturated rings. The Hall–Kier alpha value is -1.57. The number of hydrogen-bond acceptors (Lipinski definition) is 4. The monoisotopic (exact) mass is 273 g/mol. The standard InChI is InChI=1S/C16H23N3O/c1-3-19-9-5-4-6-14(18)16(19)12-7-8-15(20-2)13(10-12)11-17/h7-8,10,14,16H,3-6,9,18H2,1-2H3. The van der Waals surface area contributed by atoms with Crippen molar-refractivity contribution in [2.45, 2.75) is 38.3 Å². The van der Waals surface area contributed by atoms with Gasteiger partial charge in [0, 0.05) is 12.1 Å². The summed E-state index contributed by atoms with van der Waals surface area (Å²) in [4.78, 5) is 2.42. The second kappa shape index (κ2) is 6.74. The molecule has 1 aromatic rings. The Labute approximate surface area is 121 Å². The molecule has 4 nitrogen and oxygen atoms in total. The van der Waals surface area contributed by atoms with Crippen molar-refractivity contribution in [3.8, 4) is 11.8 Å². The van der Waals surface area contributed by atoms with Crippen molar-refractivity contribution in [1.82, 2.24) is 4.90 Å². The summed E-state index contributed by atoms with van der Waals surface area (Å²) >= 11 is 0. The van der Waals surface area contributed by atoms with E-state index in [0.29, 0.717) is 11.3 Å². The van der Waals surface area contributed by atoms with Crippen LogP contribution in [0.4, 0.5) is 0 Å². The van der Waals surface area contributed by atoms with Crippen molar-refractivity contribution in [3.05, 3.63) is 29.3 Å². The van der Waals surface area contributed by atoms with Gasteiger partial charge in [-0.3, -0.25) is 4.90 Å². The van der Waals surface area contributed by atoms with Gasteiger partial charge in [0.1, 0.15) is 11.8 Å². The zero-order chi connectivity index (χ0) is 14.5. The summed E-state index contributed by atoms with van der Waals surface area (Å²) in [7, 11) is 1.59. The molecule has 2 unspecified atom stereocenters. The van der Waals surface area contributed by atoms with Crippen LogP contribution >= 0.6 is 0 Å². The lowest BCUT2D eigenvalue weighted by atomic mass is 9.95. The topological polar surface area (TPSA) is 62.3 Å². The number of likely N-dealkylation sites (N-methyl/N-ethyl adjacent to an activating group) is 1. The average molecular weight is 273 g/mol. The van der Waals surface area contributed by atoms with Gasteiger partial charge in [-0.1, -0.05) is 19.4 Å². The molecular weight excluding hydrogens is 250 g/mol. The fraction of sp³-hybridized carbons (Fsp3) is 0.562. The molecule has 1 saturated heterocycles. The average Bonchev–Trinajstić information content (AvgIpc) is 2.67. The maximum Gasteiger partial charge on any atom is 0.136 e. The zero-order valence-electron chi connectivity index (χ0n) is 12.3. The van der Waals surface area contributed by atoms with Gasteiger partial charge in [0.25, 0.3) is 0 Å². The predicted octanol–water partition coefficient (Wildman–Crippen LogP) is 2.44. The Morgan fingerprint density at radius 3 is 2.90 bits per heavy atom. The minimum absolute atomic E-state index is 0.123. The molecule has 2 rings (SSSR count).